The molecule has 65 heavy (non-hydrogen) atoms. The van der Waals surface area contributed by atoms with Crippen LogP contribution in [0.1, 0.15) is 0 Å². The van der Waals surface area contributed by atoms with Gasteiger partial charge in [-0.25, -0.2) is 0 Å². The van der Waals surface area contributed by atoms with Gasteiger partial charge in [0.15, 0.2) is 0 Å². The van der Waals surface area contributed by atoms with Crippen LogP contribution in [-0.2, 0) is 0 Å². The van der Waals surface area contributed by atoms with Crippen LogP contribution < -0.4 is 4.90 Å². The van der Waals surface area contributed by atoms with Crippen LogP contribution in [0, 0.1) is 0 Å². The van der Waals surface area contributed by atoms with Crippen LogP contribution in [0.5, 0.6) is 0 Å². The molecule has 0 atom stereocenters. The molecule has 0 unspecified atom stereocenters. The molecule has 13 rings (SSSR count). The molecule has 0 aliphatic heterocycles. The molecule has 0 aliphatic carbocycles. The van der Waals surface area contributed by atoms with Crippen LogP contribution in [0.2, 0.25) is 0 Å². The Morgan fingerprint density at radius 1 is 0.262 bits per heavy atom. The molecular formula is C62H39NO2. The highest BCUT2D eigenvalue weighted by Crippen LogP contribution is 2.48. The molecule has 3 nitrogen and oxygen atoms in total. The molecule has 0 bridgehead atoms. The van der Waals surface area contributed by atoms with Gasteiger partial charge >= 0.3 is 0 Å². The van der Waals surface area contributed by atoms with Crippen LogP contribution in [0.3, 0.4) is 0 Å². The Hall–Kier alpha value is -8.66. The van der Waals surface area contributed by atoms with Gasteiger partial charge in [0.1, 0.15) is 22.3 Å². The predicted molar refractivity (Wildman–Crippen MR) is 272 cm³/mol. The lowest BCUT2D eigenvalue weighted by atomic mass is 9.92. The minimum atomic E-state index is 0.857. The third kappa shape index (κ3) is 6.05. The van der Waals surface area contributed by atoms with E-state index in [4.69, 9.17) is 8.83 Å². The summed E-state index contributed by atoms with van der Waals surface area (Å²) in [7, 11) is 0. The number of fused-ring (bicyclic) bond motifs is 8. The molecule has 0 amide bonds. The number of hydrogen-bond donors (Lipinski definition) is 0. The third-order valence-corrected chi connectivity index (χ3v) is 13.1. The summed E-state index contributed by atoms with van der Waals surface area (Å²) in [6, 6.07) is 84.6. The standard InChI is InChI=1S/C62H39NO2/c1-3-18-46-40(14-1)16-11-24-47(46)42-30-34-44(35-31-42)63(56-39-38-53(51-25-12-17-41-15-2-4-19-48(41)51)62-61(56)55-23-8-10-28-58(55)65-62)45-36-32-43(33-37-45)49-20-5-6-21-50(49)52-26-13-29-59-60(52)54-22-7-9-27-57(54)64-59/h1-39H. The van der Waals surface area contributed by atoms with Crippen LogP contribution in [0.25, 0.3) is 110 Å². The summed E-state index contributed by atoms with van der Waals surface area (Å²) in [6.07, 6.45) is 0. The molecule has 11 aromatic carbocycles. The van der Waals surface area contributed by atoms with Crippen molar-refractivity contribution in [3.8, 4) is 44.5 Å². The van der Waals surface area contributed by atoms with Gasteiger partial charge in [0.25, 0.3) is 0 Å². The molecule has 0 spiro atoms. The zero-order chi connectivity index (χ0) is 42.8. The number of nitrogens with zero attached hydrogens (tertiary/aromatic N) is 1. The van der Waals surface area contributed by atoms with Crippen molar-refractivity contribution in [3.63, 3.8) is 0 Å². The number of furan rings is 2. The third-order valence-electron chi connectivity index (χ3n) is 13.1. The lowest BCUT2D eigenvalue weighted by molar-refractivity contribution is 0.669. The molecule has 0 radical (unpaired) electrons. The van der Waals surface area contributed by atoms with Crippen molar-refractivity contribution in [2.24, 2.45) is 0 Å². The first kappa shape index (κ1) is 36.9. The SMILES string of the molecule is c1ccc(-c2cccc3oc4ccccc4c23)c(-c2ccc(N(c3ccc(-c4cccc5ccccc45)cc3)c3ccc(-c4cccc5ccccc45)c4oc5ccccc5c34)cc2)c1. The maximum atomic E-state index is 6.92. The molecule has 0 aliphatic rings. The Morgan fingerprint density at radius 3 is 1.42 bits per heavy atom. The number of para-hydroxylation sites is 2. The van der Waals surface area contributed by atoms with Crippen molar-refractivity contribution in [3.05, 3.63) is 237 Å². The van der Waals surface area contributed by atoms with Crippen LogP contribution in [-0.4, -0.2) is 0 Å². The van der Waals surface area contributed by atoms with E-state index in [0.29, 0.717) is 0 Å². The van der Waals surface area contributed by atoms with Crippen molar-refractivity contribution in [1.29, 1.82) is 0 Å². The Labute approximate surface area is 375 Å². The second-order valence-electron chi connectivity index (χ2n) is 16.7. The van der Waals surface area contributed by atoms with Gasteiger partial charge in [0, 0.05) is 33.1 Å². The second-order valence-corrected chi connectivity index (χ2v) is 16.7. The van der Waals surface area contributed by atoms with E-state index in [1.165, 1.54) is 32.7 Å². The van der Waals surface area contributed by atoms with E-state index >= 15 is 0 Å². The van der Waals surface area contributed by atoms with Crippen molar-refractivity contribution in [2.75, 3.05) is 4.90 Å². The average Bonchev–Trinajstić information content (AvgIpc) is 3.96. The first-order chi connectivity index (χ1) is 32.2. The second kappa shape index (κ2) is 15.0. The number of rotatable bonds is 7. The smallest absolute Gasteiger partial charge is 0.145 e. The summed E-state index contributed by atoms with van der Waals surface area (Å²) in [5, 5.41) is 9.25. The van der Waals surface area contributed by atoms with Gasteiger partial charge in [-0.2, -0.15) is 0 Å². The number of benzene rings is 11. The fourth-order valence-electron chi connectivity index (χ4n) is 10.1. The topological polar surface area (TPSA) is 29.5 Å². The van der Waals surface area contributed by atoms with E-state index in [9.17, 15) is 0 Å². The summed E-state index contributed by atoms with van der Waals surface area (Å²) < 4.78 is 13.2. The fraction of sp³-hybridized carbons (Fsp3) is 0. The quantitative estimate of drug-likeness (QED) is 0.160. The van der Waals surface area contributed by atoms with Gasteiger partial charge in [-0.15, -0.1) is 0 Å². The Morgan fingerprint density at radius 2 is 0.723 bits per heavy atom. The number of anilines is 3. The zero-order valence-electron chi connectivity index (χ0n) is 35.3. The molecule has 0 saturated carbocycles. The summed E-state index contributed by atoms with van der Waals surface area (Å²) in [4.78, 5) is 2.39. The van der Waals surface area contributed by atoms with E-state index in [1.54, 1.807) is 0 Å². The monoisotopic (exact) mass is 829 g/mol. The van der Waals surface area contributed by atoms with E-state index in [-0.39, 0.29) is 0 Å². The lowest BCUT2D eigenvalue weighted by Crippen LogP contribution is -2.10. The predicted octanol–water partition coefficient (Wildman–Crippen LogP) is 17.9. The maximum Gasteiger partial charge on any atom is 0.145 e. The highest BCUT2D eigenvalue weighted by Gasteiger charge is 2.24. The Kier molecular flexibility index (Phi) is 8.53. The van der Waals surface area contributed by atoms with Gasteiger partial charge in [0.2, 0.25) is 0 Å². The fourth-order valence-corrected chi connectivity index (χ4v) is 10.1. The highest BCUT2D eigenvalue weighted by molar-refractivity contribution is 6.19. The van der Waals surface area contributed by atoms with Gasteiger partial charge in [0.05, 0.1) is 11.1 Å². The maximum absolute atomic E-state index is 6.92. The lowest BCUT2D eigenvalue weighted by Gasteiger charge is -2.27. The first-order valence-corrected chi connectivity index (χ1v) is 22.2. The van der Waals surface area contributed by atoms with E-state index in [0.717, 1.165) is 94.3 Å². The van der Waals surface area contributed by atoms with E-state index in [2.05, 4.69) is 229 Å². The minimum absolute atomic E-state index is 0.857. The van der Waals surface area contributed by atoms with Crippen LogP contribution >= 0.6 is 0 Å². The van der Waals surface area contributed by atoms with Gasteiger partial charge < -0.3 is 13.7 Å². The number of hydrogen-bond acceptors (Lipinski definition) is 3. The van der Waals surface area contributed by atoms with Crippen molar-refractivity contribution in [1.82, 2.24) is 0 Å². The Balaban J connectivity index is 0.997. The largest absolute Gasteiger partial charge is 0.456 e. The molecule has 2 heterocycles. The van der Waals surface area contributed by atoms with Crippen molar-refractivity contribution in [2.45, 2.75) is 0 Å². The molecule has 304 valence electrons. The van der Waals surface area contributed by atoms with Crippen molar-refractivity contribution >= 4 is 82.5 Å². The van der Waals surface area contributed by atoms with Gasteiger partial charge in [-0.1, -0.05) is 182 Å². The zero-order valence-corrected chi connectivity index (χ0v) is 35.3. The normalized spacial score (nSPS) is 11.7. The molecule has 0 fully saturated rings. The molecule has 0 saturated heterocycles. The van der Waals surface area contributed by atoms with Crippen molar-refractivity contribution < 1.29 is 8.83 Å². The Bertz CT molecular complexity index is 3940. The molecule has 13 aromatic rings. The summed E-state index contributed by atoms with van der Waals surface area (Å²) in [5.41, 5.74) is 15.8. The summed E-state index contributed by atoms with van der Waals surface area (Å²) in [5.74, 6) is 0. The summed E-state index contributed by atoms with van der Waals surface area (Å²) >= 11 is 0. The van der Waals surface area contributed by atoms with Gasteiger partial charge in [-0.3, -0.25) is 0 Å². The molecular weight excluding hydrogens is 791 g/mol. The van der Waals surface area contributed by atoms with E-state index in [1.807, 2.05) is 12.1 Å². The molecule has 3 heteroatoms. The van der Waals surface area contributed by atoms with E-state index < -0.39 is 0 Å². The van der Waals surface area contributed by atoms with Crippen LogP contribution in [0.4, 0.5) is 17.1 Å². The molecule has 0 N–H and O–H groups in total. The van der Waals surface area contributed by atoms with Crippen LogP contribution in [0.15, 0.2) is 245 Å². The van der Waals surface area contributed by atoms with Gasteiger partial charge in [-0.05, 0) is 115 Å². The highest BCUT2D eigenvalue weighted by atomic mass is 16.3. The average molecular weight is 830 g/mol. The molecule has 2 aromatic heterocycles. The minimum Gasteiger partial charge on any atom is -0.456 e. The first-order valence-electron chi connectivity index (χ1n) is 22.2. The summed E-state index contributed by atoms with van der Waals surface area (Å²) in [6.45, 7) is 0.